The van der Waals surface area contributed by atoms with Gasteiger partial charge in [0.05, 0.1) is 12.0 Å². The van der Waals surface area contributed by atoms with E-state index >= 15 is 0 Å². The number of carboxylic acid groups (broad SMARTS) is 1. The predicted octanol–water partition coefficient (Wildman–Crippen LogP) is 2.62. The number of hydrogen-bond donors (Lipinski definition) is 2. The molecule has 1 aromatic heterocycles. The second-order valence-corrected chi connectivity index (χ2v) is 9.59. The van der Waals surface area contributed by atoms with Crippen LogP contribution in [-0.4, -0.2) is 67.0 Å². The molecule has 8 nitrogen and oxygen atoms in total. The maximum atomic E-state index is 13.0. The number of aryl methyl sites for hydroxylation is 1. The molecule has 1 fully saturated rings. The molecule has 164 valence electrons. The fraction of sp³-hybridized carbons (Fsp3) is 0.318. The first-order valence-electron chi connectivity index (χ1n) is 10.00. The lowest BCUT2D eigenvalue weighted by molar-refractivity contribution is -0.144. The average molecular weight is 444 g/mol. The molecule has 0 radical (unpaired) electrons. The number of methoxy groups -OCH3 is 1. The van der Waals surface area contributed by atoms with Crippen molar-refractivity contribution in [1.29, 1.82) is 0 Å². The molecule has 0 aliphatic carbocycles. The fourth-order valence-electron chi connectivity index (χ4n) is 4.02. The highest BCUT2D eigenvalue weighted by molar-refractivity contribution is 7.89. The van der Waals surface area contributed by atoms with E-state index in [4.69, 9.17) is 4.74 Å². The topological polar surface area (TPSA) is 103 Å². The summed E-state index contributed by atoms with van der Waals surface area (Å²) in [5.41, 5.74) is 2.45. The lowest BCUT2D eigenvalue weighted by atomic mass is 10.0. The molecule has 0 amide bonds. The Kier molecular flexibility index (Phi) is 5.74. The zero-order chi connectivity index (χ0) is 22.2. The van der Waals surface area contributed by atoms with Crippen molar-refractivity contribution in [3.8, 4) is 5.75 Å². The summed E-state index contributed by atoms with van der Waals surface area (Å²) in [4.78, 5) is 17.4. The normalized spacial score (nSPS) is 17.0. The summed E-state index contributed by atoms with van der Waals surface area (Å²) >= 11 is 0. The number of aliphatic carboxylic acids is 1. The van der Waals surface area contributed by atoms with Gasteiger partial charge in [0.25, 0.3) is 0 Å². The summed E-state index contributed by atoms with van der Waals surface area (Å²) in [6, 6.07) is 11.4. The number of piperazine rings is 1. The van der Waals surface area contributed by atoms with E-state index in [0.29, 0.717) is 24.4 Å². The standard InChI is InChI=1S/C22H25N3O5S/c1-15-3-6-17(7-4-15)31(28,29)25-11-9-24(10-12-25)21(22(26)27)19-14-23-20-8-5-16(30-2)13-18(19)20/h3-8,13-14,21,23H,9-12H2,1-2H3,(H,26,27). The summed E-state index contributed by atoms with van der Waals surface area (Å²) in [6.45, 7) is 3.00. The molecule has 2 aromatic carbocycles. The van der Waals surface area contributed by atoms with E-state index < -0.39 is 22.0 Å². The quantitative estimate of drug-likeness (QED) is 0.607. The second-order valence-electron chi connectivity index (χ2n) is 7.65. The number of ether oxygens (including phenoxy) is 1. The molecular weight excluding hydrogens is 418 g/mol. The van der Waals surface area contributed by atoms with Crippen LogP contribution in [0.15, 0.2) is 53.6 Å². The van der Waals surface area contributed by atoms with E-state index in [0.717, 1.165) is 16.5 Å². The van der Waals surface area contributed by atoms with Crippen LogP contribution in [0.4, 0.5) is 0 Å². The Balaban J connectivity index is 1.56. The number of sulfonamides is 1. The number of carbonyl (C=O) groups is 1. The Hall–Kier alpha value is -2.88. The lowest BCUT2D eigenvalue weighted by Crippen LogP contribution is -2.50. The van der Waals surface area contributed by atoms with E-state index in [9.17, 15) is 18.3 Å². The minimum absolute atomic E-state index is 0.228. The van der Waals surface area contributed by atoms with Gasteiger partial charge in [-0.15, -0.1) is 0 Å². The van der Waals surface area contributed by atoms with E-state index in [1.165, 1.54) is 4.31 Å². The van der Waals surface area contributed by atoms with Gasteiger partial charge in [0.2, 0.25) is 10.0 Å². The van der Waals surface area contributed by atoms with Crippen LogP contribution in [0.1, 0.15) is 17.2 Å². The van der Waals surface area contributed by atoms with Gasteiger partial charge < -0.3 is 14.8 Å². The maximum Gasteiger partial charge on any atom is 0.325 e. The molecule has 0 spiro atoms. The van der Waals surface area contributed by atoms with Gasteiger partial charge in [-0.25, -0.2) is 8.42 Å². The highest BCUT2D eigenvalue weighted by atomic mass is 32.2. The Labute approximate surface area is 181 Å². The number of fused-ring (bicyclic) bond motifs is 1. The van der Waals surface area contributed by atoms with Crippen molar-refractivity contribution < 1.29 is 23.1 Å². The molecule has 1 aliphatic rings. The van der Waals surface area contributed by atoms with E-state index in [1.807, 2.05) is 30.0 Å². The Morgan fingerprint density at radius 1 is 1.10 bits per heavy atom. The van der Waals surface area contributed by atoms with Crippen molar-refractivity contribution in [2.45, 2.75) is 17.9 Å². The molecular formula is C22H25N3O5S. The van der Waals surface area contributed by atoms with Crippen LogP contribution in [0.2, 0.25) is 0 Å². The van der Waals surface area contributed by atoms with Gasteiger partial charge in [-0.05, 0) is 37.3 Å². The SMILES string of the molecule is COc1ccc2[nH]cc(C(C(=O)O)N3CCN(S(=O)(=O)c4ccc(C)cc4)CC3)c2c1. The third-order valence-electron chi connectivity index (χ3n) is 5.75. The monoisotopic (exact) mass is 443 g/mol. The smallest absolute Gasteiger partial charge is 0.325 e. The van der Waals surface area contributed by atoms with Crippen LogP contribution in [0.3, 0.4) is 0 Å². The molecule has 9 heteroatoms. The molecule has 31 heavy (non-hydrogen) atoms. The maximum absolute atomic E-state index is 13.0. The zero-order valence-electron chi connectivity index (χ0n) is 17.4. The van der Waals surface area contributed by atoms with Crippen LogP contribution in [0.5, 0.6) is 5.75 Å². The van der Waals surface area contributed by atoms with Crippen LogP contribution >= 0.6 is 0 Å². The third-order valence-corrected chi connectivity index (χ3v) is 7.66. The number of carboxylic acids is 1. The van der Waals surface area contributed by atoms with Gasteiger partial charge in [0.1, 0.15) is 11.8 Å². The molecule has 1 atom stereocenters. The van der Waals surface area contributed by atoms with Gasteiger partial charge in [-0.3, -0.25) is 9.69 Å². The number of benzene rings is 2. The predicted molar refractivity (Wildman–Crippen MR) is 117 cm³/mol. The highest BCUT2D eigenvalue weighted by Crippen LogP contribution is 2.32. The summed E-state index contributed by atoms with van der Waals surface area (Å²) in [5.74, 6) is -0.329. The molecule has 3 aromatic rings. The number of hydrogen-bond acceptors (Lipinski definition) is 5. The Bertz CT molecular complexity index is 1200. The molecule has 2 N–H and O–H groups in total. The van der Waals surface area contributed by atoms with Crippen molar-refractivity contribution in [1.82, 2.24) is 14.2 Å². The molecule has 0 saturated carbocycles. The van der Waals surface area contributed by atoms with E-state index in [2.05, 4.69) is 4.98 Å². The van der Waals surface area contributed by atoms with Crippen LogP contribution < -0.4 is 4.74 Å². The lowest BCUT2D eigenvalue weighted by Gasteiger charge is -2.37. The van der Waals surface area contributed by atoms with Gasteiger partial charge in [0.15, 0.2) is 0 Å². The van der Waals surface area contributed by atoms with Crippen molar-refractivity contribution in [3.05, 3.63) is 59.8 Å². The number of aromatic amines is 1. The summed E-state index contributed by atoms with van der Waals surface area (Å²) in [7, 11) is -2.04. The first kappa shape index (κ1) is 21.4. The molecule has 1 unspecified atom stereocenters. The third kappa shape index (κ3) is 4.04. The second kappa shape index (κ2) is 8.33. The summed E-state index contributed by atoms with van der Waals surface area (Å²) < 4.78 is 32.6. The fourth-order valence-corrected chi connectivity index (χ4v) is 5.44. The minimum Gasteiger partial charge on any atom is -0.497 e. The molecule has 1 aliphatic heterocycles. The van der Waals surface area contributed by atoms with Crippen molar-refractivity contribution in [2.24, 2.45) is 0 Å². The number of H-pyrrole nitrogens is 1. The largest absolute Gasteiger partial charge is 0.497 e. The Morgan fingerprint density at radius 2 is 1.77 bits per heavy atom. The Morgan fingerprint density at radius 3 is 2.39 bits per heavy atom. The first-order chi connectivity index (χ1) is 14.8. The first-order valence-corrected chi connectivity index (χ1v) is 11.4. The van der Waals surface area contributed by atoms with Gasteiger partial charge in [-0.2, -0.15) is 4.31 Å². The van der Waals surface area contributed by atoms with Gasteiger partial charge >= 0.3 is 5.97 Å². The van der Waals surface area contributed by atoms with Crippen molar-refractivity contribution in [3.63, 3.8) is 0 Å². The minimum atomic E-state index is -3.61. The average Bonchev–Trinajstić information content (AvgIpc) is 3.17. The molecule has 2 heterocycles. The highest BCUT2D eigenvalue weighted by Gasteiger charge is 2.35. The number of nitrogens with zero attached hydrogens (tertiary/aromatic N) is 2. The number of nitrogens with one attached hydrogen (secondary N) is 1. The summed E-state index contributed by atoms with van der Waals surface area (Å²) in [6.07, 6.45) is 1.71. The van der Waals surface area contributed by atoms with Crippen LogP contribution in [0.25, 0.3) is 10.9 Å². The number of aromatic nitrogens is 1. The van der Waals surface area contributed by atoms with Crippen molar-refractivity contribution >= 4 is 26.9 Å². The number of rotatable bonds is 6. The van der Waals surface area contributed by atoms with Crippen LogP contribution in [0, 0.1) is 6.92 Å². The van der Waals surface area contributed by atoms with E-state index in [1.54, 1.807) is 37.6 Å². The molecule has 0 bridgehead atoms. The molecule has 1 saturated heterocycles. The van der Waals surface area contributed by atoms with E-state index in [-0.39, 0.29) is 18.0 Å². The van der Waals surface area contributed by atoms with Gasteiger partial charge in [0, 0.05) is 48.8 Å². The van der Waals surface area contributed by atoms with Crippen LogP contribution in [-0.2, 0) is 14.8 Å². The van der Waals surface area contributed by atoms with Crippen molar-refractivity contribution in [2.75, 3.05) is 33.3 Å². The zero-order valence-corrected chi connectivity index (χ0v) is 18.2. The van der Waals surface area contributed by atoms with Gasteiger partial charge in [-0.1, -0.05) is 17.7 Å². The molecule has 4 rings (SSSR count). The summed E-state index contributed by atoms with van der Waals surface area (Å²) in [5, 5.41) is 10.8.